The number of hydrogen-bond donors (Lipinski definition) is 2. The molecule has 0 spiro atoms. The van der Waals surface area contributed by atoms with Crippen molar-refractivity contribution in [3.63, 3.8) is 0 Å². The Morgan fingerprint density at radius 3 is 1.64 bits per heavy atom. The van der Waals surface area contributed by atoms with Gasteiger partial charge in [-0.1, -0.05) is 51.4 Å². The summed E-state index contributed by atoms with van der Waals surface area (Å²) in [5.41, 5.74) is -0.206. The molecule has 1 aliphatic heterocycles. The lowest BCUT2D eigenvalue weighted by atomic mass is 9.80. The van der Waals surface area contributed by atoms with Crippen LogP contribution < -0.4 is 0 Å². The van der Waals surface area contributed by atoms with Crippen LogP contribution >= 0.6 is 12.6 Å². The van der Waals surface area contributed by atoms with Crippen LogP contribution in [0.15, 0.2) is 0 Å². The van der Waals surface area contributed by atoms with E-state index in [1.165, 1.54) is 57.8 Å². The van der Waals surface area contributed by atoms with Crippen molar-refractivity contribution in [1.82, 2.24) is 5.06 Å². The Labute approximate surface area is 162 Å². The molecule has 1 rings (SSSR count). The summed E-state index contributed by atoms with van der Waals surface area (Å²) in [7, 11) is 0. The fraction of sp³-hybridized carbons (Fsp3) is 1.00. The molecular formula is C21H43NO2S. The quantitative estimate of drug-likeness (QED) is 0.318. The zero-order valence-electron chi connectivity index (χ0n) is 17.2. The second kappa shape index (κ2) is 11.8. The number of aliphatic hydroxyl groups is 1. The van der Waals surface area contributed by atoms with Crippen LogP contribution in [0.3, 0.4) is 0 Å². The molecule has 0 aliphatic carbocycles. The first-order valence-electron chi connectivity index (χ1n) is 10.5. The maximum absolute atomic E-state index is 10.1. The smallest absolute Gasteiger partial charge is 0.0685 e. The van der Waals surface area contributed by atoms with Crippen molar-refractivity contribution in [3.8, 4) is 0 Å². The summed E-state index contributed by atoms with van der Waals surface area (Å²) < 4.78 is 0. The van der Waals surface area contributed by atoms with E-state index in [2.05, 4.69) is 45.4 Å². The summed E-state index contributed by atoms with van der Waals surface area (Å²) in [5, 5.41) is 12.2. The van der Waals surface area contributed by atoms with Gasteiger partial charge in [0.25, 0.3) is 0 Å². The number of hydrogen-bond acceptors (Lipinski definition) is 4. The molecule has 1 fully saturated rings. The van der Waals surface area contributed by atoms with E-state index in [1.807, 2.05) is 0 Å². The predicted molar refractivity (Wildman–Crippen MR) is 111 cm³/mol. The molecule has 0 saturated carbocycles. The van der Waals surface area contributed by atoms with Crippen molar-refractivity contribution in [2.24, 2.45) is 0 Å². The lowest BCUT2D eigenvalue weighted by Gasteiger charge is -2.52. The second-order valence-corrected chi connectivity index (χ2v) is 9.52. The zero-order chi connectivity index (χ0) is 18.8. The molecule has 1 N–H and O–H groups in total. The minimum absolute atomic E-state index is 0.103. The van der Waals surface area contributed by atoms with E-state index in [0.717, 1.165) is 31.6 Å². The predicted octanol–water partition coefficient (Wildman–Crippen LogP) is 5.76. The largest absolute Gasteiger partial charge is 0.393 e. The van der Waals surface area contributed by atoms with E-state index in [0.29, 0.717) is 0 Å². The molecule has 0 bridgehead atoms. The summed E-state index contributed by atoms with van der Waals surface area (Å²) >= 11 is 4.25. The summed E-state index contributed by atoms with van der Waals surface area (Å²) in [5.74, 6) is 1.04. The van der Waals surface area contributed by atoms with Crippen molar-refractivity contribution in [2.75, 3.05) is 12.4 Å². The standard InChI is InChI=1S/C21H43NO2S/c1-20(2)17-19(23)18-21(3,4)22(20)24-15-13-11-9-7-5-6-8-10-12-14-16-25/h19,23,25H,5-18H2,1-4H3. The molecule has 1 saturated heterocycles. The first-order chi connectivity index (χ1) is 11.8. The van der Waals surface area contributed by atoms with Gasteiger partial charge in [0.05, 0.1) is 12.7 Å². The SMILES string of the molecule is CC1(C)CC(O)CC(C)(C)N1OCCCCCCCCCCCCS. The highest BCUT2D eigenvalue weighted by Crippen LogP contribution is 2.38. The van der Waals surface area contributed by atoms with Crippen LogP contribution in [-0.2, 0) is 4.84 Å². The molecule has 0 atom stereocenters. The molecule has 0 aromatic rings. The Balaban J connectivity index is 2.05. The number of thiol groups is 1. The minimum atomic E-state index is -0.220. The molecule has 0 aromatic carbocycles. The fourth-order valence-corrected chi connectivity index (χ4v) is 4.57. The van der Waals surface area contributed by atoms with Gasteiger partial charge in [-0.25, -0.2) is 0 Å². The Morgan fingerprint density at radius 2 is 1.20 bits per heavy atom. The van der Waals surface area contributed by atoms with Gasteiger partial charge in [-0.3, -0.25) is 4.84 Å². The number of rotatable bonds is 13. The summed E-state index contributed by atoms with van der Waals surface area (Å²) in [4.78, 5) is 6.16. The van der Waals surface area contributed by atoms with E-state index in [-0.39, 0.29) is 17.2 Å². The highest BCUT2D eigenvalue weighted by atomic mass is 32.1. The van der Waals surface area contributed by atoms with E-state index >= 15 is 0 Å². The van der Waals surface area contributed by atoms with Gasteiger partial charge in [-0.2, -0.15) is 17.7 Å². The molecule has 0 amide bonds. The van der Waals surface area contributed by atoms with Crippen molar-refractivity contribution in [2.45, 2.75) is 122 Å². The van der Waals surface area contributed by atoms with Crippen LogP contribution in [0.4, 0.5) is 0 Å². The highest BCUT2D eigenvalue weighted by molar-refractivity contribution is 7.80. The number of unbranched alkanes of at least 4 members (excludes halogenated alkanes) is 9. The summed E-state index contributed by atoms with van der Waals surface area (Å²) in [6.45, 7) is 9.49. The van der Waals surface area contributed by atoms with Gasteiger partial charge >= 0.3 is 0 Å². The Morgan fingerprint density at radius 1 is 0.800 bits per heavy atom. The fourth-order valence-electron chi connectivity index (χ4n) is 4.34. The van der Waals surface area contributed by atoms with Crippen LogP contribution in [-0.4, -0.2) is 39.7 Å². The lowest BCUT2D eigenvalue weighted by molar-refractivity contribution is -0.292. The molecule has 0 radical (unpaired) electrons. The minimum Gasteiger partial charge on any atom is -0.393 e. The molecular weight excluding hydrogens is 330 g/mol. The van der Waals surface area contributed by atoms with Gasteiger partial charge in [0.15, 0.2) is 0 Å². The highest BCUT2D eigenvalue weighted by Gasteiger charge is 2.45. The van der Waals surface area contributed by atoms with Gasteiger partial charge in [0.2, 0.25) is 0 Å². The van der Waals surface area contributed by atoms with Crippen LogP contribution in [0.5, 0.6) is 0 Å². The maximum atomic E-state index is 10.1. The van der Waals surface area contributed by atoms with Gasteiger partial charge in [0, 0.05) is 11.1 Å². The molecule has 1 heterocycles. The van der Waals surface area contributed by atoms with Crippen LogP contribution in [0.25, 0.3) is 0 Å². The molecule has 0 unspecified atom stereocenters. The summed E-state index contributed by atoms with van der Waals surface area (Å²) in [6.07, 6.45) is 14.6. The number of hydroxylamine groups is 2. The summed E-state index contributed by atoms with van der Waals surface area (Å²) in [6, 6.07) is 0. The number of piperidine rings is 1. The Hall–Kier alpha value is 0.230. The second-order valence-electron chi connectivity index (χ2n) is 9.07. The molecule has 25 heavy (non-hydrogen) atoms. The Kier molecular flexibility index (Phi) is 11.0. The maximum Gasteiger partial charge on any atom is 0.0685 e. The molecule has 0 aromatic heterocycles. The van der Waals surface area contributed by atoms with Crippen molar-refractivity contribution >= 4 is 12.6 Å². The normalized spacial score (nSPS) is 20.9. The topological polar surface area (TPSA) is 32.7 Å². The van der Waals surface area contributed by atoms with Gasteiger partial charge in [-0.15, -0.1) is 0 Å². The Bertz CT molecular complexity index is 329. The average molecular weight is 374 g/mol. The van der Waals surface area contributed by atoms with E-state index in [1.54, 1.807) is 0 Å². The monoisotopic (exact) mass is 373 g/mol. The number of nitrogens with zero attached hydrogens (tertiary/aromatic N) is 1. The molecule has 3 nitrogen and oxygen atoms in total. The molecule has 150 valence electrons. The lowest BCUT2D eigenvalue weighted by Crippen LogP contribution is -2.61. The molecule has 1 aliphatic rings. The van der Waals surface area contributed by atoms with Crippen LogP contribution in [0.2, 0.25) is 0 Å². The van der Waals surface area contributed by atoms with Gasteiger partial charge in [-0.05, 0) is 59.1 Å². The third-order valence-corrected chi connectivity index (χ3v) is 5.66. The van der Waals surface area contributed by atoms with E-state index in [4.69, 9.17) is 4.84 Å². The zero-order valence-corrected chi connectivity index (χ0v) is 18.1. The molecule has 4 heteroatoms. The van der Waals surface area contributed by atoms with Crippen molar-refractivity contribution in [1.29, 1.82) is 0 Å². The van der Waals surface area contributed by atoms with Crippen molar-refractivity contribution in [3.05, 3.63) is 0 Å². The first kappa shape index (κ1) is 23.3. The third kappa shape index (κ3) is 9.12. The number of aliphatic hydroxyl groups excluding tert-OH is 1. The van der Waals surface area contributed by atoms with Gasteiger partial charge in [0.1, 0.15) is 0 Å². The average Bonchev–Trinajstić information content (AvgIpc) is 2.49. The van der Waals surface area contributed by atoms with E-state index in [9.17, 15) is 5.11 Å². The van der Waals surface area contributed by atoms with Gasteiger partial charge < -0.3 is 5.11 Å². The first-order valence-corrected chi connectivity index (χ1v) is 11.1. The van der Waals surface area contributed by atoms with Crippen LogP contribution in [0, 0.1) is 0 Å². The van der Waals surface area contributed by atoms with E-state index < -0.39 is 0 Å². The third-order valence-electron chi connectivity index (χ3n) is 5.34. The van der Waals surface area contributed by atoms with Crippen LogP contribution in [0.1, 0.15) is 105 Å². The van der Waals surface area contributed by atoms with Crippen molar-refractivity contribution < 1.29 is 9.94 Å².